The fourth-order valence-corrected chi connectivity index (χ4v) is 3.15. The molecule has 3 aromatic rings. The van der Waals surface area contributed by atoms with Gasteiger partial charge in [0, 0.05) is 27.6 Å². The Balaban J connectivity index is 1.84. The number of allylic oxidation sites excluding steroid dienone is 1. The van der Waals surface area contributed by atoms with Crippen LogP contribution in [0.5, 0.6) is 0 Å². The summed E-state index contributed by atoms with van der Waals surface area (Å²) in [5.74, 6) is 0. The molecule has 0 saturated carbocycles. The van der Waals surface area contributed by atoms with Crippen molar-refractivity contribution in [3.63, 3.8) is 0 Å². The molecule has 0 bridgehead atoms. The number of aliphatic imine (C=N–C) groups is 1. The monoisotopic (exact) mass is 394 g/mol. The van der Waals surface area contributed by atoms with Crippen molar-refractivity contribution >= 4 is 40.4 Å². The van der Waals surface area contributed by atoms with Crippen molar-refractivity contribution < 1.29 is 4.92 Å². The SMILES string of the molecule is O=[N+]([O-])c1ccc(SC=CC(=Nc2ccccc2)c2cccc(Cl)c2)cc1. The van der Waals surface area contributed by atoms with E-state index >= 15 is 0 Å². The molecule has 0 fully saturated rings. The first-order valence-electron chi connectivity index (χ1n) is 8.09. The Labute approximate surface area is 166 Å². The lowest BCUT2D eigenvalue weighted by molar-refractivity contribution is -0.384. The van der Waals surface area contributed by atoms with Crippen LogP contribution in [0.1, 0.15) is 5.56 Å². The van der Waals surface area contributed by atoms with Gasteiger partial charge in [-0.3, -0.25) is 10.1 Å². The third-order valence-electron chi connectivity index (χ3n) is 3.60. The molecule has 0 aliphatic heterocycles. The molecule has 0 heterocycles. The van der Waals surface area contributed by atoms with E-state index in [4.69, 9.17) is 16.6 Å². The van der Waals surface area contributed by atoms with Crippen LogP contribution in [0.25, 0.3) is 0 Å². The van der Waals surface area contributed by atoms with Crippen molar-refractivity contribution in [2.75, 3.05) is 0 Å². The second kappa shape index (κ2) is 9.16. The molecule has 3 rings (SSSR count). The minimum Gasteiger partial charge on any atom is -0.258 e. The highest BCUT2D eigenvalue weighted by atomic mass is 35.5. The number of hydrogen-bond donors (Lipinski definition) is 0. The van der Waals surface area contributed by atoms with Crippen LogP contribution in [0.3, 0.4) is 0 Å². The number of rotatable bonds is 6. The quantitative estimate of drug-likeness (QED) is 0.203. The van der Waals surface area contributed by atoms with Gasteiger partial charge in [-0.25, -0.2) is 4.99 Å². The summed E-state index contributed by atoms with van der Waals surface area (Å²) in [7, 11) is 0. The summed E-state index contributed by atoms with van der Waals surface area (Å²) in [6.45, 7) is 0. The number of nitrogens with zero attached hydrogens (tertiary/aromatic N) is 2. The number of thioether (sulfide) groups is 1. The number of para-hydroxylation sites is 1. The molecule has 0 aliphatic carbocycles. The zero-order valence-electron chi connectivity index (χ0n) is 14.2. The minimum absolute atomic E-state index is 0.0774. The number of halogens is 1. The van der Waals surface area contributed by atoms with Gasteiger partial charge in [-0.05, 0) is 47.9 Å². The van der Waals surface area contributed by atoms with E-state index in [0.29, 0.717) is 5.02 Å². The van der Waals surface area contributed by atoms with Crippen LogP contribution in [0.2, 0.25) is 5.02 Å². The maximum atomic E-state index is 10.7. The van der Waals surface area contributed by atoms with Crippen LogP contribution >= 0.6 is 23.4 Å². The smallest absolute Gasteiger partial charge is 0.258 e. The lowest BCUT2D eigenvalue weighted by Crippen LogP contribution is -1.95. The van der Waals surface area contributed by atoms with Crippen molar-refractivity contribution in [3.8, 4) is 0 Å². The van der Waals surface area contributed by atoms with E-state index in [0.717, 1.165) is 21.9 Å². The standard InChI is InChI=1S/C21H15ClN2O2S/c22-17-6-4-5-16(15-17)21(23-18-7-2-1-3-8-18)13-14-27-20-11-9-19(10-12-20)24(25)26/h1-15H. The highest BCUT2D eigenvalue weighted by Gasteiger charge is 2.04. The van der Waals surface area contributed by atoms with Crippen LogP contribution < -0.4 is 0 Å². The van der Waals surface area contributed by atoms with Crippen molar-refractivity contribution in [2.45, 2.75) is 4.90 Å². The first kappa shape index (κ1) is 18.9. The van der Waals surface area contributed by atoms with Crippen molar-refractivity contribution in [2.24, 2.45) is 4.99 Å². The number of hydrogen-bond acceptors (Lipinski definition) is 4. The third-order valence-corrected chi connectivity index (χ3v) is 4.66. The molecule has 0 spiro atoms. The second-order valence-corrected chi connectivity index (χ2v) is 6.93. The maximum absolute atomic E-state index is 10.7. The fourth-order valence-electron chi connectivity index (χ4n) is 2.31. The van der Waals surface area contributed by atoms with Gasteiger partial charge in [0.1, 0.15) is 0 Å². The summed E-state index contributed by atoms with van der Waals surface area (Å²) in [4.78, 5) is 15.9. The first-order valence-corrected chi connectivity index (χ1v) is 9.35. The Hall–Kier alpha value is -2.89. The van der Waals surface area contributed by atoms with Crippen LogP contribution in [-0.4, -0.2) is 10.6 Å². The van der Waals surface area contributed by atoms with Gasteiger partial charge in [-0.2, -0.15) is 0 Å². The van der Waals surface area contributed by atoms with Crippen LogP contribution in [0.15, 0.2) is 100 Å². The number of benzene rings is 3. The molecule has 27 heavy (non-hydrogen) atoms. The van der Waals surface area contributed by atoms with Crippen LogP contribution in [-0.2, 0) is 0 Å². The lowest BCUT2D eigenvalue weighted by atomic mass is 10.1. The normalized spacial score (nSPS) is 11.7. The molecular weight excluding hydrogens is 380 g/mol. The summed E-state index contributed by atoms with van der Waals surface area (Å²) in [6, 6.07) is 23.6. The molecule has 0 aromatic heterocycles. The van der Waals surface area contributed by atoms with Crippen LogP contribution in [0, 0.1) is 10.1 Å². The van der Waals surface area contributed by atoms with Gasteiger partial charge in [0.15, 0.2) is 0 Å². The Morgan fingerprint density at radius 2 is 1.74 bits per heavy atom. The zero-order chi connectivity index (χ0) is 19.1. The molecule has 0 saturated heterocycles. The molecule has 4 nitrogen and oxygen atoms in total. The summed E-state index contributed by atoms with van der Waals surface area (Å²) in [5.41, 5.74) is 2.61. The topological polar surface area (TPSA) is 55.5 Å². The summed E-state index contributed by atoms with van der Waals surface area (Å²) < 4.78 is 0. The van der Waals surface area contributed by atoms with Gasteiger partial charge in [0.2, 0.25) is 0 Å². The van der Waals surface area contributed by atoms with E-state index in [1.54, 1.807) is 12.1 Å². The number of nitro groups is 1. The van der Waals surface area contributed by atoms with Crippen molar-refractivity contribution in [3.05, 3.63) is 111 Å². The summed E-state index contributed by atoms with van der Waals surface area (Å²) in [5, 5.41) is 13.3. The van der Waals surface area contributed by atoms with Gasteiger partial charge < -0.3 is 0 Å². The average molecular weight is 395 g/mol. The highest BCUT2D eigenvalue weighted by Crippen LogP contribution is 2.23. The van der Waals surface area contributed by atoms with Gasteiger partial charge in [-0.15, -0.1) is 0 Å². The first-order chi connectivity index (χ1) is 13.1. The molecule has 3 aromatic carbocycles. The van der Waals surface area contributed by atoms with Gasteiger partial charge in [-0.1, -0.05) is 53.7 Å². The summed E-state index contributed by atoms with van der Waals surface area (Å²) in [6.07, 6.45) is 1.91. The minimum atomic E-state index is -0.409. The Morgan fingerprint density at radius 3 is 2.41 bits per heavy atom. The van der Waals surface area contributed by atoms with E-state index in [-0.39, 0.29) is 5.69 Å². The largest absolute Gasteiger partial charge is 0.269 e. The van der Waals surface area contributed by atoms with E-state index in [9.17, 15) is 10.1 Å². The second-order valence-electron chi connectivity index (χ2n) is 5.51. The zero-order valence-corrected chi connectivity index (χ0v) is 15.7. The predicted molar refractivity (Wildman–Crippen MR) is 112 cm³/mol. The Morgan fingerprint density at radius 1 is 1.00 bits per heavy atom. The Kier molecular flexibility index (Phi) is 6.41. The molecule has 134 valence electrons. The predicted octanol–water partition coefficient (Wildman–Crippen LogP) is 6.68. The van der Waals surface area contributed by atoms with E-state index in [1.165, 1.54) is 23.9 Å². The molecule has 0 atom stereocenters. The molecular formula is C21H15ClN2O2S. The molecule has 0 aliphatic rings. The number of non-ortho nitro benzene ring substituents is 1. The molecule has 0 amide bonds. The van der Waals surface area contributed by atoms with Crippen LogP contribution in [0.4, 0.5) is 11.4 Å². The third kappa shape index (κ3) is 5.54. The average Bonchev–Trinajstić information content (AvgIpc) is 2.68. The number of nitro benzene ring substituents is 1. The fraction of sp³-hybridized carbons (Fsp3) is 0. The molecule has 0 radical (unpaired) electrons. The van der Waals surface area contributed by atoms with Crippen molar-refractivity contribution in [1.29, 1.82) is 0 Å². The van der Waals surface area contributed by atoms with E-state index < -0.39 is 4.92 Å². The molecule has 0 unspecified atom stereocenters. The molecule has 6 heteroatoms. The lowest BCUT2D eigenvalue weighted by Gasteiger charge is -2.04. The highest BCUT2D eigenvalue weighted by molar-refractivity contribution is 8.02. The van der Waals surface area contributed by atoms with E-state index in [1.807, 2.05) is 66.1 Å². The van der Waals surface area contributed by atoms with Crippen molar-refractivity contribution in [1.82, 2.24) is 0 Å². The van der Waals surface area contributed by atoms with Gasteiger partial charge in [0.25, 0.3) is 5.69 Å². The molecule has 0 N–H and O–H groups in total. The Bertz CT molecular complexity index is 987. The van der Waals surface area contributed by atoms with E-state index in [2.05, 4.69) is 0 Å². The maximum Gasteiger partial charge on any atom is 0.269 e. The van der Waals surface area contributed by atoms with Gasteiger partial charge in [0.05, 0.1) is 16.3 Å². The van der Waals surface area contributed by atoms with Gasteiger partial charge >= 0.3 is 0 Å². The summed E-state index contributed by atoms with van der Waals surface area (Å²) >= 11 is 7.58.